The second kappa shape index (κ2) is 6.09. The van der Waals surface area contributed by atoms with E-state index in [0.717, 1.165) is 11.1 Å². The van der Waals surface area contributed by atoms with Gasteiger partial charge in [-0.1, -0.05) is 48.5 Å². The monoisotopic (exact) mass is 231 g/mol. The summed E-state index contributed by atoms with van der Waals surface area (Å²) in [5.41, 5.74) is 2.60. The molecule has 0 aliphatic carbocycles. The summed E-state index contributed by atoms with van der Waals surface area (Å²) in [5.74, 6) is 0. The lowest BCUT2D eigenvalue weighted by molar-refractivity contribution is 1.52. The van der Waals surface area contributed by atoms with Gasteiger partial charge in [0, 0.05) is 16.8 Å². The smallest absolute Gasteiger partial charge is 0.0630 e. The number of aliphatic imine (C=N–C) groups is 1. The molecule has 0 spiro atoms. The van der Waals surface area contributed by atoms with E-state index in [2.05, 4.69) is 18.2 Å². The Kier molecular flexibility index (Phi) is 4.74. The summed E-state index contributed by atoms with van der Waals surface area (Å²) in [6.45, 7) is 9.55. The lowest BCUT2D eigenvalue weighted by atomic mass is 10.2. The maximum atomic E-state index is 5.87. The number of hydrogen-bond donors (Lipinski definition) is 0. The van der Waals surface area contributed by atoms with Gasteiger partial charge in [-0.3, -0.25) is 4.99 Å². The van der Waals surface area contributed by atoms with Crippen molar-refractivity contribution in [1.82, 2.24) is 0 Å². The van der Waals surface area contributed by atoms with Gasteiger partial charge in [-0.25, -0.2) is 0 Å². The molecule has 1 aromatic rings. The van der Waals surface area contributed by atoms with E-state index >= 15 is 0 Å². The predicted octanol–water partition coefficient (Wildman–Crippen LogP) is 4.51. The third-order valence-electron chi connectivity index (χ3n) is 1.86. The van der Waals surface area contributed by atoms with Crippen LogP contribution in [-0.2, 0) is 0 Å². The first kappa shape index (κ1) is 12.5. The summed E-state index contributed by atoms with van der Waals surface area (Å²) in [5, 5.41) is 0.686. The maximum absolute atomic E-state index is 5.87. The molecule has 0 heterocycles. The molecule has 0 aromatic heterocycles. The van der Waals surface area contributed by atoms with Gasteiger partial charge in [0.2, 0.25) is 0 Å². The summed E-state index contributed by atoms with van der Waals surface area (Å²) in [4.78, 5) is 4.20. The highest BCUT2D eigenvalue weighted by Gasteiger charge is 1.95. The van der Waals surface area contributed by atoms with Crippen molar-refractivity contribution in [2.45, 2.75) is 6.92 Å². The van der Waals surface area contributed by atoms with Crippen molar-refractivity contribution in [3.63, 3.8) is 0 Å². The molecule has 82 valence electrons. The van der Waals surface area contributed by atoms with Gasteiger partial charge in [-0.15, -0.1) is 0 Å². The van der Waals surface area contributed by atoms with E-state index in [0.29, 0.717) is 10.7 Å². The summed E-state index contributed by atoms with van der Waals surface area (Å²) in [6.07, 6.45) is 5.41. The van der Waals surface area contributed by atoms with Crippen molar-refractivity contribution in [3.05, 3.63) is 65.7 Å². The minimum absolute atomic E-state index is 0.686. The van der Waals surface area contributed by atoms with Gasteiger partial charge in [0.05, 0.1) is 5.70 Å². The second-order valence-electron chi connectivity index (χ2n) is 3.44. The zero-order valence-corrected chi connectivity index (χ0v) is 10.0. The minimum Gasteiger partial charge on any atom is -0.257 e. The Morgan fingerprint density at radius 1 is 1.38 bits per heavy atom. The summed E-state index contributed by atoms with van der Waals surface area (Å²) < 4.78 is 0. The van der Waals surface area contributed by atoms with Crippen LogP contribution in [0.5, 0.6) is 0 Å². The number of hydrogen-bond acceptors (Lipinski definition) is 1. The van der Waals surface area contributed by atoms with Crippen LogP contribution in [0.3, 0.4) is 0 Å². The Labute approximate surface area is 101 Å². The van der Waals surface area contributed by atoms with Crippen LogP contribution in [0.15, 0.2) is 60.1 Å². The van der Waals surface area contributed by atoms with Crippen LogP contribution in [0.25, 0.3) is 5.70 Å². The average Bonchev–Trinajstić information content (AvgIpc) is 2.24. The van der Waals surface area contributed by atoms with Gasteiger partial charge in [0.25, 0.3) is 0 Å². The quantitative estimate of drug-likeness (QED) is 0.534. The predicted molar refractivity (Wildman–Crippen MR) is 72.9 cm³/mol. The Morgan fingerprint density at radius 2 is 2.12 bits per heavy atom. The zero-order valence-electron chi connectivity index (χ0n) is 9.28. The second-order valence-corrected chi connectivity index (χ2v) is 3.88. The molecule has 1 rings (SSSR count). The standard InChI is InChI=1S/C14H14ClN/c1-11(2)6-5-9-16-12(3)13-7-4-8-14(15)10-13/h4-10H,1,3H2,2H3/b6-5-,16-9+. The van der Waals surface area contributed by atoms with Crippen molar-refractivity contribution in [3.8, 4) is 0 Å². The lowest BCUT2D eigenvalue weighted by Gasteiger charge is -1.99. The molecule has 2 heteroatoms. The van der Waals surface area contributed by atoms with Crippen molar-refractivity contribution in [2.24, 2.45) is 4.99 Å². The van der Waals surface area contributed by atoms with E-state index in [9.17, 15) is 0 Å². The van der Waals surface area contributed by atoms with Crippen LogP contribution >= 0.6 is 11.6 Å². The largest absolute Gasteiger partial charge is 0.257 e. The maximum Gasteiger partial charge on any atom is 0.0630 e. The molecule has 0 radical (unpaired) electrons. The van der Waals surface area contributed by atoms with Gasteiger partial charge in [0.1, 0.15) is 0 Å². The third-order valence-corrected chi connectivity index (χ3v) is 2.09. The number of benzene rings is 1. The number of nitrogens with zero attached hydrogens (tertiary/aromatic N) is 1. The van der Waals surface area contributed by atoms with Crippen LogP contribution in [0, 0.1) is 0 Å². The molecule has 0 bridgehead atoms. The molecule has 0 aliphatic rings. The Morgan fingerprint density at radius 3 is 2.75 bits per heavy atom. The van der Waals surface area contributed by atoms with Crippen LogP contribution in [0.2, 0.25) is 5.02 Å². The van der Waals surface area contributed by atoms with Crippen LogP contribution < -0.4 is 0 Å². The first-order chi connectivity index (χ1) is 7.59. The third kappa shape index (κ3) is 4.28. The molecule has 16 heavy (non-hydrogen) atoms. The molecular weight excluding hydrogens is 218 g/mol. The normalized spacial score (nSPS) is 11.1. The molecular formula is C14H14ClN. The fraction of sp³-hybridized carbons (Fsp3) is 0.0714. The molecule has 0 saturated carbocycles. The Bertz CT molecular complexity index is 456. The van der Waals surface area contributed by atoms with Gasteiger partial charge in [0.15, 0.2) is 0 Å². The fourth-order valence-corrected chi connectivity index (χ4v) is 1.27. The van der Waals surface area contributed by atoms with Crippen molar-refractivity contribution in [1.29, 1.82) is 0 Å². The minimum atomic E-state index is 0.686. The highest BCUT2D eigenvalue weighted by atomic mass is 35.5. The van der Waals surface area contributed by atoms with Gasteiger partial charge in [-0.05, 0) is 25.1 Å². The Hall–Kier alpha value is -1.60. The van der Waals surface area contributed by atoms with Crippen molar-refractivity contribution < 1.29 is 0 Å². The molecule has 0 aliphatic heterocycles. The fourth-order valence-electron chi connectivity index (χ4n) is 1.08. The van der Waals surface area contributed by atoms with E-state index in [-0.39, 0.29) is 0 Å². The lowest BCUT2D eigenvalue weighted by Crippen LogP contribution is -1.79. The molecule has 0 fully saturated rings. The summed E-state index contributed by atoms with van der Waals surface area (Å²) in [7, 11) is 0. The summed E-state index contributed by atoms with van der Waals surface area (Å²) >= 11 is 5.87. The summed E-state index contributed by atoms with van der Waals surface area (Å²) in [6, 6.07) is 7.46. The molecule has 0 N–H and O–H groups in total. The molecule has 1 aromatic carbocycles. The first-order valence-electron chi connectivity index (χ1n) is 4.90. The van der Waals surface area contributed by atoms with Crippen LogP contribution in [0.1, 0.15) is 12.5 Å². The van der Waals surface area contributed by atoms with E-state index in [1.807, 2.05) is 43.3 Å². The van der Waals surface area contributed by atoms with Crippen LogP contribution in [-0.4, -0.2) is 6.21 Å². The van der Waals surface area contributed by atoms with Crippen molar-refractivity contribution in [2.75, 3.05) is 0 Å². The molecule has 1 nitrogen and oxygen atoms in total. The average molecular weight is 232 g/mol. The Balaban J connectivity index is 2.69. The highest BCUT2D eigenvalue weighted by molar-refractivity contribution is 6.30. The highest BCUT2D eigenvalue weighted by Crippen LogP contribution is 2.17. The number of halogens is 1. The van der Waals surface area contributed by atoms with Gasteiger partial charge >= 0.3 is 0 Å². The van der Waals surface area contributed by atoms with E-state index in [1.165, 1.54) is 0 Å². The topological polar surface area (TPSA) is 12.4 Å². The first-order valence-corrected chi connectivity index (χ1v) is 5.28. The van der Waals surface area contributed by atoms with E-state index in [1.54, 1.807) is 6.21 Å². The zero-order chi connectivity index (χ0) is 12.0. The van der Waals surface area contributed by atoms with Gasteiger partial charge in [-0.2, -0.15) is 0 Å². The molecule has 0 unspecified atom stereocenters. The molecule has 0 amide bonds. The van der Waals surface area contributed by atoms with Gasteiger partial charge < -0.3 is 0 Å². The van der Waals surface area contributed by atoms with E-state index in [4.69, 9.17) is 11.6 Å². The number of allylic oxidation sites excluding steroid dienone is 3. The number of rotatable bonds is 4. The molecule has 0 saturated heterocycles. The van der Waals surface area contributed by atoms with Crippen LogP contribution in [0.4, 0.5) is 0 Å². The van der Waals surface area contributed by atoms with E-state index < -0.39 is 0 Å². The van der Waals surface area contributed by atoms with Crippen molar-refractivity contribution >= 4 is 23.5 Å². The molecule has 0 atom stereocenters. The SMILES string of the molecule is C=C(C)/C=C\C=N\C(=C)c1cccc(Cl)c1.